The number of ether oxygens (including phenoxy) is 10. The molecule has 5 rings (SSSR count). The molecule has 1 amide bonds. The first kappa shape index (κ1) is 77.6. The van der Waals surface area contributed by atoms with Crippen LogP contribution in [0.2, 0.25) is 0 Å². The smallest absolute Gasteiger partial charge is 0.220 e. The Morgan fingerprint density at radius 2 is 1.02 bits per heavy atom. The van der Waals surface area contributed by atoms with Crippen molar-refractivity contribution in [3.05, 3.63) is 24.3 Å². The van der Waals surface area contributed by atoms with Crippen molar-refractivity contribution in [2.24, 2.45) is 11.8 Å². The minimum absolute atomic E-state index is 0.178. The van der Waals surface area contributed by atoms with Crippen LogP contribution in [0.15, 0.2) is 24.3 Å². The van der Waals surface area contributed by atoms with Crippen molar-refractivity contribution in [3.8, 4) is 0 Å². The van der Waals surface area contributed by atoms with Crippen LogP contribution in [0.1, 0.15) is 143 Å². The molecule has 0 saturated carbocycles. The lowest BCUT2D eigenvalue weighted by Crippen LogP contribution is -2.67. The van der Waals surface area contributed by atoms with E-state index in [1.54, 1.807) is 12.2 Å². The summed E-state index contributed by atoms with van der Waals surface area (Å²) in [6, 6.07) is -1.08. The van der Waals surface area contributed by atoms with Gasteiger partial charge in [-0.15, -0.1) is 0 Å². The fourth-order valence-electron chi connectivity index (χ4n) is 11.9. The molecule has 28 atom stereocenters. The van der Waals surface area contributed by atoms with Gasteiger partial charge in [0.05, 0.1) is 70.1 Å². The van der Waals surface area contributed by atoms with Crippen LogP contribution < -0.4 is 5.32 Å². The highest BCUT2D eigenvalue weighted by Gasteiger charge is 2.57. The van der Waals surface area contributed by atoms with Crippen LogP contribution in [-0.2, 0) is 52.2 Å². The van der Waals surface area contributed by atoms with Gasteiger partial charge in [0.1, 0.15) is 97.7 Å². The molecule has 5 fully saturated rings. The molecule has 0 aromatic carbocycles. The fraction of sp³-hybridized carbons (Fsp3) is 0.918. The number of carbonyl (C=O) groups is 1. The molecule has 28 heteroatoms. The largest absolute Gasteiger partial charge is 0.394 e. The summed E-state index contributed by atoms with van der Waals surface area (Å²) in [7, 11) is 0. The second-order valence-electron chi connectivity index (χ2n) is 24.4. The third-order valence-corrected chi connectivity index (χ3v) is 17.6. The van der Waals surface area contributed by atoms with Crippen LogP contribution in [0.25, 0.3) is 0 Å². The van der Waals surface area contributed by atoms with Crippen LogP contribution >= 0.6 is 0 Å². The zero-order valence-corrected chi connectivity index (χ0v) is 52.1. The molecule has 5 aliphatic rings. The molecule has 0 aliphatic carbocycles. The number of rotatable bonds is 39. The summed E-state index contributed by atoms with van der Waals surface area (Å²) in [5, 5.41) is 177. The summed E-state index contributed by atoms with van der Waals surface area (Å²) in [4.78, 5) is 13.3. The highest BCUT2D eigenvalue weighted by atomic mass is 16.8. The molecule has 10 unspecified atom stereocenters. The summed E-state index contributed by atoms with van der Waals surface area (Å²) in [6.07, 6.45) is -17.8. The molecule has 5 heterocycles. The fourth-order valence-corrected chi connectivity index (χ4v) is 11.9. The van der Waals surface area contributed by atoms with Crippen LogP contribution in [0, 0.1) is 11.8 Å². The van der Waals surface area contributed by atoms with Crippen molar-refractivity contribution in [2.75, 3.05) is 39.6 Å². The number of nitrogens with one attached hydrogen (secondary N) is 1. The summed E-state index contributed by atoms with van der Waals surface area (Å²) in [6.45, 7) is 2.19. The van der Waals surface area contributed by atoms with Gasteiger partial charge in [0.15, 0.2) is 31.5 Å². The van der Waals surface area contributed by atoms with Crippen LogP contribution in [-0.4, -0.2) is 287 Å². The predicted molar refractivity (Wildman–Crippen MR) is 313 cm³/mol. The number of unbranched alkanes of at least 4 members (excludes halogenated alkanes) is 14. The van der Waals surface area contributed by atoms with Crippen molar-refractivity contribution in [2.45, 2.75) is 303 Å². The average Bonchev–Trinajstić information content (AvgIpc) is 2.03. The number of allylic oxidation sites excluding steroid dienone is 3. The summed E-state index contributed by atoms with van der Waals surface area (Å²) < 4.78 is 60.4. The Kier molecular flexibility index (Phi) is 35.2. The van der Waals surface area contributed by atoms with Gasteiger partial charge in [0, 0.05) is 24.7 Å². The molecule has 5 saturated heterocycles. The van der Waals surface area contributed by atoms with E-state index in [2.05, 4.69) is 12.2 Å². The molecular formula is C61H109NO27. The van der Waals surface area contributed by atoms with Crippen LogP contribution in [0.5, 0.6) is 0 Å². The summed E-state index contributed by atoms with van der Waals surface area (Å²) in [5.41, 5.74) is 0. The molecular weight excluding hydrogens is 1180 g/mol. The third kappa shape index (κ3) is 22.5. The van der Waals surface area contributed by atoms with E-state index < -0.39 is 211 Å². The number of amides is 1. The topological polar surface area (TPSA) is 445 Å². The molecule has 17 N–H and O–H groups in total. The Bertz CT molecular complexity index is 1980. The van der Waals surface area contributed by atoms with Crippen LogP contribution in [0.4, 0.5) is 0 Å². The molecule has 0 bridgehead atoms. The Morgan fingerprint density at radius 1 is 0.517 bits per heavy atom. The summed E-state index contributed by atoms with van der Waals surface area (Å²) in [5.74, 6) is -2.39. The Labute approximate surface area is 522 Å². The molecule has 89 heavy (non-hydrogen) atoms. The second kappa shape index (κ2) is 40.3. The van der Waals surface area contributed by atoms with E-state index in [1.807, 2.05) is 13.0 Å². The van der Waals surface area contributed by atoms with Crippen molar-refractivity contribution >= 4 is 5.91 Å². The first-order valence-electron chi connectivity index (χ1n) is 32.4. The minimum Gasteiger partial charge on any atom is -0.394 e. The Balaban J connectivity index is 1.29. The maximum atomic E-state index is 13.3. The van der Waals surface area contributed by atoms with E-state index in [9.17, 15) is 86.5 Å². The zero-order valence-electron chi connectivity index (χ0n) is 52.1. The zero-order chi connectivity index (χ0) is 65.3. The molecule has 520 valence electrons. The van der Waals surface area contributed by atoms with Gasteiger partial charge in [-0.2, -0.15) is 0 Å². The van der Waals surface area contributed by atoms with Gasteiger partial charge in [-0.3, -0.25) is 4.79 Å². The SMILES string of the molecule is CC/C=C\C=C/[C@@H](O)[C@H](CO[C@@H]1OC(CO)[C@@H](O[C@@H]2OC(CO)[C@H](O[C@@H]3OC(CO)[C@H](O)[C@H](O[C@@H]4OC(CO)[C@H](O)[C@H](O)C4O)C3C)[C@H](OC3C[C@@H](O)[C@@H](C)C([C@H](O)[C@H](O)CO)O3)C2O)[C@H](O)C1O)NC(=O)CCCCCCCCCCCCCCCCC. The Morgan fingerprint density at radius 3 is 1.61 bits per heavy atom. The van der Waals surface area contributed by atoms with Crippen molar-refractivity contribution < 1.29 is 134 Å². The van der Waals surface area contributed by atoms with Crippen LogP contribution in [0.3, 0.4) is 0 Å². The lowest BCUT2D eigenvalue weighted by Gasteiger charge is -2.51. The van der Waals surface area contributed by atoms with Gasteiger partial charge >= 0.3 is 0 Å². The number of aliphatic hydroxyl groups is 16. The normalized spacial score (nSPS) is 38.7. The number of hydrogen-bond donors (Lipinski definition) is 17. The molecule has 0 aromatic heterocycles. The number of carbonyl (C=O) groups excluding carboxylic acids is 1. The molecule has 0 aromatic rings. The van der Waals surface area contributed by atoms with Gasteiger partial charge in [0.2, 0.25) is 5.91 Å². The van der Waals surface area contributed by atoms with Gasteiger partial charge in [-0.25, -0.2) is 0 Å². The predicted octanol–water partition coefficient (Wildman–Crippen LogP) is -1.97. The minimum atomic E-state index is -2.10. The quantitative estimate of drug-likeness (QED) is 0.0234. The van der Waals surface area contributed by atoms with E-state index in [4.69, 9.17) is 47.4 Å². The van der Waals surface area contributed by atoms with E-state index in [0.717, 1.165) is 32.1 Å². The van der Waals surface area contributed by atoms with E-state index in [-0.39, 0.29) is 18.7 Å². The highest BCUT2D eigenvalue weighted by Crippen LogP contribution is 2.39. The summed E-state index contributed by atoms with van der Waals surface area (Å²) >= 11 is 0. The maximum Gasteiger partial charge on any atom is 0.220 e. The standard InChI is InChI=1S/C61H109NO27/c1-5-7-9-11-12-13-14-15-16-17-18-19-20-21-23-25-43(71)62-35(36(68)24-22-10-8-6-2)32-80-59-51(78)49(76)55(41(30-66)83-59)88-61-52(79)57(86-44-26-37(69)33(3)53(85-44)45(72)38(70)27-63)56(42(31-67)84-61)89-58-34(4)54(47(74)40(29-65)81-58)87-60-50(77)48(75)46(73)39(28-64)82-60/h8,10,22,24,33-42,44-61,63-70,72-79H,5-7,9,11-21,23,25-32H2,1-4H3,(H,62,71)/b10-8-,24-22-/t33-,34?,35+,36-,37-,38-,39?,40?,41?,42?,44?,45-,46+,47+,48+,49-,50?,51?,52?,53?,54-,55-,56+,57-,58+,59-,60+,61+/m1/s1. The van der Waals surface area contributed by atoms with Gasteiger partial charge in [-0.1, -0.05) is 142 Å². The van der Waals surface area contributed by atoms with E-state index >= 15 is 0 Å². The molecule has 0 spiro atoms. The van der Waals surface area contributed by atoms with Crippen molar-refractivity contribution in [3.63, 3.8) is 0 Å². The maximum absolute atomic E-state index is 13.3. The lowest BCUT2D eigenvalue weighted by molar-refractivity contribution is -0.396. The molecule has 0 radical (unpaired) electrons. The number of hydrogen-bond acceptors (Lipinski definition) is 27. The van der Waals surface area contributed by atoms with Crippen molar-refractivity contribution in [1.29, 1.82) is 0 Å². The second-order valence-corrected chi connectivity index (χ2v) is 24.4. The molecule has 28 nitrogen and oxygen atoms in total. The monoisotopic (exact) mass is 1290 g/mol. The van der Waals surface area contributed by atoms with E-state index in [0.29, 0.717) is 6.42 Å². The van der Waals surface area contributed by atoms with Gasteiger partial charge < -0.3 is 134 Å². The lowest BCUT2D eigenvalue weighted by atomic mass is 9.87. The molecule has 5 aliphatic heterocycles. The van der Waals surface area contributed by atoms with E-state index in [1.165, 1.54) is 84.1 Å². The third-order valence-electron chi connectivity index (χ3n) is 17.6. The van der Waals surface area contributed by atoms with Gasteiger partial charge in [-0.05, 0) is 12.8 Å². The number of aliphatic hydroxyl groups excluding tert-OH is 16. The highest BCUT2D eigenvalue weighted by molar-refractivity contribution is 5.76. The van der Waals surface area contributed by atoms with Crippen molar-refractivity contribution in [1.82, 2.24) is 5.32 Å². The first-order chi connectivity index (χ1) is 42.7. The Hall–Kier alpha value is -2.09. The first-order valence-corrected chi connectivity index (χ1v) is 32.4. The average molecular weight is 1290 g/mol. The van der Waals surface area contributed by atoms with Gasteiger partial charge in [0.25, 0.3) is 0 Å².